The lowest BCUT2D eigenvalue weighted by molar-refractivity contribution is 0.514. The number of rotatable bonds is 6. The summed E-state index contributed by atoms with van der Waals surface area (Å²) < 4.78 is 12.7. The first-order valence-corrected chi connectivity index (χ1v) is 5.17. The van der Waals surface area contributed by atoms with Gasteiger partial charge in [0.25, 0.3) is 0 Å². The number of allylic oxidation sites excluding steroid dienone is 1. The molecule has 3 heteroatoms. The Bertz CT molecular complexity index is 295. The first-order valence-electron chi connectivity index (χ1n) is 5.17. The lowest BCUT2D eigenvalue weighted by Crippen LogP contribution is -2.17. The molecule has 0 spiro atoms. The fourth-order valence-electron chi connectivity index (χ4n) is 1.50. The average molecular weight is 208 g/mol. The highest BCUT2D eigenvalue weighted by molar-refractivity contribution is 5.09. The lowest BCUT2D eigenvalue weighted by Gasteiger charge is -2.14. The number of halogens is 1. The van der Waals surface area contributed by atoms with Crippen LogP contribution >= 0.6 is 0 Å². The maximum absolute atomic E-state index is 12.7. The predicted octanol–water partition coefficient (Wildman–Crippen LogP) is 2.84. The predicted molar refractivity (Wildman–Crippen MR) is 60.0 cm³/mol. The Kier molecular flexibility index (Phi) is 4.98. The van der Waals surface area contributed by atoms with E-state index in [-0.39, 0.29) is 11.9 Å². The van der Waals surface area contributed by atoms with E-state index in [1.165, 1.54) is 12.3 Å². The summed E-state index contributed by atoms with van der Waals surface area (Å²) in [5, 5.41) is 3.18. The van der Waals surface area contributed by atoms with Crippen LogP contribution in [0.15, 0.2) is 31.0 Å². The van der Waals surface area contributed by atoms with Crippen LogP contribution in [0.2, 0.25) is 0 Å². The molecule has 2 nitrogen and oxygen atoms in total. The van der Waals surface area contributed by atoms with E-state index in [0.717, 1.165) is 25.0 Å². The van der Waals surface area contributed by atoms with Crippen molar-refractivity contribution < 1.29 is 4.39 Å². The second kappa shape index (κ2) is 6.30. The summed E-state index contributed by atoms with van der Waals surface area (Å²) >= 11 is 0. The van der Waals surface area contributed by atoms with Gasteiger partial charge >= 0.3 is 0 Å². The van der Waals surface area contributed by atoms with Crippen molar-refractivity contribution in [3.05, 3.63) is 42.5 Å². The van der Waals surface area contributed by atoms with Gasteiger partial charge < -0.3 is 5.32 Å². The maximum atomic E-state index is 12.7. The molecule has 1 aromatic heterocycles. The minimum Gasteiger partial charge on any atom is -0.312 e. The standard InChI is InChI=1S/C12H17FN2/c1-3-4-5-6-11(14-2)12-8-7-10(13)9-15-12/h3,7-9,11,14H,1,4-6H2,2H3. The average Bonchev–Trinajstić information content (AvgIpc) is 2.26. The third kappa shape index (κ3) is 3.80. The molecule has 0 amide bonds. The van der Waals surface area contributed by atoms with E-state index in [1.54, 1.807) is 6.07 Å². The number of hydrogen-bond acceptors (Lipinski definition) is 2. The summed E-state index contributed by atoms with van der Waals surface area (Å²) in [6.45, 7) is 3.68. The molecule has 0 aliphatic carbocycles. The van der Waals surface area contributed by atoms with E-state index in [9.17, 15) is 4.39 Å². The largest absolute Gasteiger partial charge is 0.312 e. The SMILES string of the molecule is C=CCCCC(NC)c1ccc(F)cn1. The van der Waals surface area contributed by atoms with Gasteiger partial charge in [0.1, 0.15) is 5.82 Å². The summed E-state index contributed by atoms with van der Waals surface area (Å²) in [7, 11) is 1.89. The van der Waals surface area contributed by atoms with Crippen LogP contribution in [0.5, 0.6) is 0 Å². The van der Waals surface area contributed by atoms with E-state index >= 15 is 0 Å². The van der Waals surface area contributed by atoms with Gasteiger partial charge in [-0.2, -0.15) is 0 Å². The molecule has 0 saturated carbocycles. The Balaban J connectivity index is 2.57. The van der Waals surface area contributed by atoms with Crippen molar-refractivity contribution in [2.24, 2.45) is 0 Å². The number of hydrogen-bond donors (Lipinski definition) is 1. The van der Waals surface area contributed by atoms with E-state index in [1.807, 2.05) is 13.1 Å². The molecule has 1 N–H and O–H groups in total. The van der Waals surface area contributed by atoms with Crippen molar-refractivity contribution in [2.45, 2.75) is 25.3 Å². The third-order valence-electron chi connectivity index (χ3n) is 2.36. The molecule has 0 fully saturated rings. The first-order chi connectivity index (χ1) is 7.27. The van der Waals surface area contributed by atoms with Crippen molar-refractivity contribution >= 4 is 0 Å². The maximum Gasteiger partial charge on any atom is 0.141 e. The summed E-state index contributed by atoms with van der Waals surface area (Å²) in [5.41, 5.74) is 0.892. The number of unbranched alkanes of at least 4 members (excludes halogenated alkanes) is 1. The molecular formula is C12H17FN2. The normalized spacial score (nSPS) is 12.4. The Morgan fingerprint density at radius 1 is 1.60 bits per heavy atom. The number of aromatic nitrogens is 1. The van der Waals surface area contributed by atoms with E-state index in [4.69, 9.17) is 0 Å². The van der Waals surface area contributed by atoms with Gasteiger partial charge in [-0.25, -0.2) is 4.39 Å². The van der Waals surface area contributed by atoms with Gasteiger partial charge in [-0.1, -0.05) is 6.08 Å². The molecule has 1 aromatic rings. The van der Waals surface area contributed by atoms with Crippen LogP contribution in [-0.2, 0) is 0 Å². The number of nitrogens with zero attached hydrogens (tertiary/aromatic N) is 1. The summed E-state index contributed by atoms with van der Waals surface area (Å²) in [5.74, 6) is -0.292. The van der Waals surface area contributed by atoms with Gasteiger partial charge in [-0.3, -0.25) is 4.98 Å². The Morgan fingerprint density at radius 2 is 2.40 bits per heavy atom. The van der Waals surface area contributed by atoms with Crippen molar-refractivity contribution in [1.29, 1.82) is 0 Å². The highest BCUT2D eigenvalue weighted by atomic mass is 19.1. The van der Waals surface area contributed by atoms with Crippen molar-refractivity contribution in [3.63, 3.8) is 0 Å². The van der Waals surface area contributed by atoms with Gasteiger partial charge in [0.05, 0.1) is 11.9 Å². The fourth-order valence-corrected chi connectivity index (χ4v) is 1.50. The van der Waals surface area contributed by atoms with Gasteiger partial charge in [-0.15, -0.1) is 6.58 Å². The highest BCUT2D eigenvalue weighted by Gasteiger charge is 2.09. The van der Waals surface area contributed by atoms with Crippen LogP contribution in [-0.4, -0.2) is 12.0 Å². The van der Waals surface area contributed by atoms with Gasteiger partial charge in [0.15, 0.2) is 0 Å². The number of pyridine rings is 1. The first kappa shape index (κ1) is 11.9. The van der Waals surface area contributed by atoms with Crippen LogP contribution in [0, 0.1) is 5.82 Å². The zero-order chi connectivity index (χ0) is 11.1. The Morgan fingerprint density at radius 3 is 2.93 bits per heavy atom. The summed E-state index contributed by atoms with van der Waals surface area (Å²) in [4.78, 5) is 4.06. The smallest absolute Gasteiger partial charge is 0.141 e. The molecule has 1 heterocycles. The quantitative estimate of drug-likeness (QED) is 0.574. The minimum atomic E-state index is -0.292. The molecule has 0 aliphatic rings. The van der Waals surface area contributed by atoms with Crippen LogP contribution in [0.1, 0.15) is 31.0 Å². The molecule has 1 atom stereocenters. The van der Waals surface area contributed by atoms with Crippen molar-refractivity contribution in [1.82, 2.24) is 10.3 Å². The third-order valence-corrected chi connectivity index (χ3v) is 2.36. The van der Waals surface area contributed by atoms with Crippen LogP contribution in [0.4, 0.5) is 4.39 Å². The number of nitrogens with one attached hydrogen (secondary N) is 1. The van der Waals surface area contributed by atoms with E-state index in [2.05, 4.69) is 16.9 Å². The lowest BCUT2D eigenvalue weighted by atomic mass is 10.1. The van der Waals surface area contributed by atoms with Crippen molar-refractivity contribution in [3.8, 4) is 0 Å². The van der Waals surface area contributed by atoms with Gasteiger partial charge in [-0.05, 0) is 38.4 Å². The molecule has 0 bridgehead atoms. The zero-order valence-electron chi connectivity index (χ0n) is 9.04. The molecular weight excluding hydrogens is 191 g/mol. The second-order valence-electron chi connectivity index (χ2n) is 3.46. The molecule has 1 unspecified atom stereocenters. The van der Waals surface area contributed by atoms with Gasteiger partial charge in [0, 0.05) is 6.04 Å². The molecule has 1 rings (SSSR count). The molecule has 0 aliphatic heterocycles. The fraction of sp³-hybridized carbons (Fsp3) is 0.417. The Labute approximate surface area is 90.2 Å². The molecule has 15 heavy (non-hydrogen) atoms. The van der Waals surface area contributed by atoms with Gasteiger partial charge in [0.2, 0.25) is 0 Å². The van der Waals surface area contributed by atoms with Crippen molar-refractivity contribution in [2.75, 3.05) is 7.05 Å². The van der Waals surface area contributed by atoms with E-state index < -0.39 is 0 Å². The van der Waals surface area contributed by atoms with E-state index in [0.29, 0.717) is 0 Å². The second-order valence-corrected chi connectivity index (χ2v) is 3.46. The minimum absolute atomic E-state index is 0.200. The molecule has 0 saturated heterocycles. The summed E-state index contributed by atoms with van der Waals surface area (Å²) in [6, 6.07) is 3.37. The zero-order valence-corrected chi connectivity index (χ0v) is 9.04. The molecule has 0 radical (unpaired) electrons. The highest BCUT2D eigenvalue weighted by Crippen LogP contribution is 2.16. The van der Waals surface area contributed by atoms with Crippen LogP contribution in [0.3, 0.4) is 0 Å². The van der Waals surface area contributed by atoms with Crippen LogP contribution < -0.4 is 5.32 Å². The monoisotopic (exact) mass is 208 g/mol. The Hall–Kier alpha value is -1.22. The molecule has 82 valence electrons. The molecule has 0 aromatic carbocycles. The van der Waals surface area contributed by atoms with Crippen LogP contribution in [0.25, 0.3) is 0 Å². The summed E-state index contributed by atoms with van der Waals surface area (Å²) in [6.07, 6.45) is 6.21. The topological polar surface area (TPSA) is 24.9 Å².